The maximum Gasteiger partial charge on any atom is 0.338 e. The summed E-state index contributed by atoms with van der Waals surface area (Å²) in [5.41, 5.74) is 2.04. The molecule has 1 aliphatic rings. The highest BCUT2D eigenvalue weighted by Crippen LogP contribution is 2.34. The molecule has 2 aromatic rings. The predicted molar refractivity (Wildman–Crippen MR) is 103 cm³/mol. The number of Topliss-reactive ketones (excluding diaryl/α,β-unsaturated/α-hetero) is 1. The van der Waals surface area contributed by atoms with Crippen LogP contribution in [0.15, 0.2) is 42.5 Å². The monoisotopic (exact) mass is 407 g/mol. The second-order valence-electron chi connectivity index (χ2n) is 6.46. The molecule has 0 aromatic heterocycles. The van der Waals surface area contributed by atoms with E-state index in [1.165, 1.54) is 16.4 Å². The average molecular weight is 408 g/mol. The number of hydrogen-bond donors (Lipinski definition) is 0. The van der Waals surface area contributed by atoms with Crippen molar-refractivity contribution < 1.29 is 22.7 Å². The molecule has 8 heteroatoms. The zero-order valence-electron chi connectivity index (χ0n) is 14.8. The number of sulfonamides is 1. The third kappa shape index (κ3) is 4.14. The number of ketones is 1. The quantitative estimate of drug-likeness (QED) is 0.562. The number of carbonyl (C=O) groups excluding carboxylic acids is 2. The van der Waals surface area contributed by atoms with E-state index in [0.717, 1.165) is 11.8 Å². The fourth-order valence-corrected chi connectivity index (χ4v) is 4.55. The Hall–Kier alpha value is -2.38. The van der Waals surface area contributed by atoms with Gasteiger partial charge in [0.1, 0.15) is 0 Å². The molecule has 3 rings (SSSR count). The topological polar surface area (TPSA) is 80.8 Å². The molecule has 0 fully saturated rings. The Kier molecular flexibility index (Phi) is 5.26. The van der Waals surface area contributed by atoms with E-state index >= 15 is 0 Å². The first kappa shape index (κ1) is 19.4. The smallest absolute Gasteiger partial charge is 0.338 e. The number of hydrogen-bond acceptors (Lipinski definition) is 5. The van der Waals surface area contributed by atoms with Crippen LogP contribution < -0.4 is 4.31 Å². The molecule has 6 nitrogen and oxygen atoms in total. The number of ether oxygens (including phenoxy) is 1. The van der Waals surface area contributed by atoms with Crippen LogP contribution in [0.5, 0.6) is 0 Å². The standard InChI is InChI=1S/C19H18ClNO5S/c1-12-9-15-10-14(5-8-17(15)21(12)27(2,24)25)18(22)11-26-19(23)13-3-6-16(20)7-4-13/h3-8,10,12H,9,11H2,1-2H3/t12-/m0/s1. The van der Waals surface area contributed by atoms with Gasteiger partial charge in [-0.2, -0.15) is 0 Å². The van der Waals surface area contributed by atoms with Crippen molar-refractivity contribution in [2.24, 2.45) is 0 Å². The van der Waals surface area contributed by atoms with Crippen LogP contribution in [0.3, 0.4) is 0 Å². The van der Waals surface area contributed by atoms with Crippen molar-refractivity contribution >= 4 is 39.1 Å². The molecule has 27 heavy (non-hydrogen) atoms. The van der Waals surface area contributed by atoms with E-state index < -0.39 is 22.6 Å². The van der Waals surface area contributed by atoms with Gasteiger partial charge in [-0.3, -0.25) is 9.10 Å². The van der Waals surface area contributed by atoms with Gasteiger partial charge in [-0.15, -0.1) is 0 Å². The molecule has 0 N–H and O–H groups in total. The van der Waals surface area contributed by atoms with Crippen molar-refractivity contribution in [3.63, 3.8) is 0 Å². The molecule has 0 bridgehead atoms. The Morgan fingerprint density at radius 2 is 1.78 bits per heavy atom. The number of nitrogens with zero attached hydrogens (tertiary/aromatic N) is 1. The Balaban J connectivity index is 1.71. The Bertz CT molecular complexity index is 1000. The number of carbonyl (C=O) groups is 2. The first-order valence-electron chi connectivity index (χ1n) is 8.25. The second kappa shape index (κ2) is 7.32. The minimum atomic E-state index is -3.38. The number of anilines is 1. The molecule has 1 atom stereocenters. The van der Waals surface area contributed by atoms with Crippen molar-refractivity contribution in [3.8, 4) is 0 Å². The van der Waals surface area contributed by atoms with Gasteiger partial charge in [0.2, 0.25) is 10.0 Å². The fourth-order valence-electron chi connectivity index (χ4n) is 3.17. The lowest BCUT2D eigenvalue weighted by atomic mass is 10.0. The normalized spacial score (nSPS) is 16.1. The second-order valence-corrected chi connectivity index (χ2v) is 8.76. The van der Waals surface area contributed by atoms with Crippen molar-refractivity contribution in [1.29, 1.82) is 0 Å². The molecule has 0 aliphatic carbocycles. The predicted octanol–water partition coefficient (Wildman–Crippen LogP) is 3.09. The van der Waals surface area contributed by atoms with Gasteiger partial charge in [-0.1, -0.05) is 11.6 Å². The largest absolute Gasteiger partial charge is 0.454 e. The first-order chi connectivity index (χ1) is 12.7. The summed E-state index contributed by atoms with van der Waals surface area (Å²) >= 11 is 5.77. The highest BCUT2D eigenvalue weighted by molar-refractivity contribution is 7.92. The molecule has 142 valence electrons. The van der Waals surface area contributed by atoms with Crippen LogP contribution in [-0.4, -0.2) is 39.1 Å². The van der Waals surface area contributed by atoms with Gasteiger partial charge in [-0.25, -0.2) is 13.2 Å². The summed E-state index contributed by atoms with van der Waals surface area (Å²) in [6.07, 6.45) is 1.68. The minimum absolute atomic E-state index is 0.205. The SMILES string of the molecule is C[C@H]1Cc2cc(C(=O)COC(=O)c3ccc(Cl)cc3)ccc2N1S(C)(=O)=O. The van der Waals surface area contributed by atoms with Gasteiger partial charge in [0.25, 0.3) is 0 Å². The molecule has 0 saturated heterocycles. The minimum Gasteiger partial charge on any atom is -0.454 e. The van der Waals surface area contributed by atoms with E-state index in [1.807, 2.05) is 6.92 Å². The number of rotatable bonds is 5. The van der Waals surface area contributed by atoms with Gasteiger partial charge in [0, 0.05) is 16.6 Å². The molecule has 0 amide bonds. The Morgan fingerprint density at radius 1 is 1.15 bits per heavy atom. The summed E-state index contributed by atoms with van der Waals surface area (Å²) in [6.45, 7) is 1.42. The van der Waals surface area contributed by atoms with E-state index in [4.69, 9.17) is 16.3 Å². The number of halogens is 1. The maximum absolute atomic E-state index is 12.4. The van der Waals surface area contributed by atoms with E-state index in [1.54, 1.807) is 30.3 Å². The summed E-state index contributed by atoms with van der Waals surface area (Å²) in [5, 5.41) is 0.498. The van der Waals surface area contributed by atoms with Crippen molar-refractivity contribution in [3.05, 3.63) is 64.2 Å². The number of fused-ring (bicyclic) bond motifs is 1. The molecule has 0 radical (unpaired) electrons. The number of benzene rings is 2. The van der Waals surface area contributed by atoms with Crippen LogP contribution in [0.2, 0.25) is 5.02 Å². The summed E-state index contributed by atoms with van der Waals surface area (Å²) < 4.78 is 30.3. The fraction of sp³-hybridized carbons (Fsp3) is 0.263. The van der Waals surface area contributed by atoms with Crippen molar-refractivity contribution in [1.82, 2.24) is 0 Å². The molecule has 1 heterocycles. The zero-order chi connectivity index (χ0) is 19.8. The van der Waals surface area contributed by atoms with E-state index in [-0.39, 0.29) is 11.8 Å². The van der Waals surface area contributed by atoms with Gasteiger partial charge >= 0.3 is 5.97 Å². The van der Waals surface area contributed by atoms with Crippen molar-refractivity contribution in [2.45, 2.75) is 19.4 Å². The average Bonchev–Trinajstić information content (AvgIpc) is 2.94. The van der Waals surface area contributed by atoms with Gasteiger partial charge < -0.3 is 4.74 Å². The first-order valence-corrected chi connectivity index (χ1v) is 10.5. The van der Waals surface area contributed by atoms with E-state index in [0.29, 0.717) is 28.3 Å². The Morgan fingerprint density at radius 3 is 2.41 bits per heavy atom. The van der Waals surface area contributed by atoms with Crippen LogP contribution in [0, 0.1) is 0 Å². The third-order valence-corrected chi connectivity index (χ3v) is 5.85. The van der Waals surface area contributed by atoms with E-state index in [9.17, 15) is 18.0 Å². The van der Waals surface area contributed by atoms with Crippen LogP contribution >= 0.6 is 11.6 Å². The molecule has 1 aliphatic heterocycles. The van der Waals surface area contributed by atoms with Gasteiger partial charge in [0.05, 0.1) is 17.5 Å². The highest BCUT2D eigenvalue weighted by Gasteiger charge is 2.32. The van der Waals surface area contributed by atoms with Crippen LogP contribution in [0.1, 0.15) is 33.2 Å². The lowest BCUT2D eigenvalue weighted by Crippen LogP contribution is -2.34. The van der Waals surface area contributed by atoms with Gasteiger partial charge in [0.15, 0.2) is 12.4 Å². The van der Waals surface area contributed by atoms with Crippen molar-refractivity contribution in [2.75, 3.05) is 17.2 Å². The molecule has 0 unspecified atom stereocenters. The Labute approximate surface area is 162 Å². The summed E-state index contributed by atoms with van der Waals surface area (Å²) in [5.74, 6) is -0.969. The molecule has 0 spiro atoms. The van der Waals surface area contributed by atoms with E-state index in [2.05, 4.69) is 0 Å². The molecule has 0 saturated carbocycles. The molecular weight excluding hydrogens is 390 g/mol. The number of esters is 1. The third-order valence-electron chi connectivity index (χ3n) is 4.33. The highest BCUT2D eigenvalue weighted by atomic mass is 35.5. The maximum atomic E-state index is 12.4. The summed E-state index contributed by atoms with van der Waals surface area (Å²) in [4.78, 5) is 24.3. The van der Waals surface area contributed by atoms with Crippen LogP contribution in [0.4, 0.5) is 5.69 Å². The lowest BCUT2D eigenvalue weighted by Gasteiger charge is -2.21. The summed E-state index contributed by atoms with van der Waals surface area (Å²) in [7, 11) is -3.38. The zero-order valence-corrected chi connectivity index (χ0v) is 16.4. The molecule has 2 aromatic carbocycles. The molecular formula is C19H18ClNO5S. The van der Waals surface area contributed by atoms with Crippen LogP contribution in [-0.2, 0) is 21.2 Å². The van der Waals surface area contributed by atoms with Crippen LogP contribution in [0.25, 0.3) is 0 Å². The van der Waals surface area contributed by atoms with Gasteiger partial charge in [-0.05, 0) is 61.4 Å². The summed E-state index contributed by atoms with van der Waals surface area (Å²) in [6, 6.07) is 10.8. The lowest BCUT2D eigenvalue weighted by molar-refractivity contribution is 0.0475.